The second-order valence-electron chi connectivity index (χ2n) is 3.61. The van der Waals surface area contributed by atoms with Gasteiger partial charge in [0.05, 0.1) is 0 Å². The summed E-state index contributed by atoms with van der Waals surface area (Å²) in [5, 5.41) is 11.6. The zero-order valence-electron chi connectivity index (χ0n) is 7.69. The molecule has 1 fully saturated rings. The van der Waals surface area contributed by atoms with Crippen molar-refractivity contribution >= 4 is 0 Å². The lowest BCUT2D eigenvalue weighted by Crippen LogP contribution is -2.09. The lowest BCUT2D eigenvalue weighted by atomic mass is 10.3. The molecular weight excluding hydrogens is 166 g/mol. The molecule has 5 nitrogen and oxygen atoms in total. The fraction of sp³-hybridized carbons (Fsp3) is 0.875. The van der Waals surface area contributed by atoms with Gasteiger partial charge in [-0.05, 0) is 42.2 Å². The number of rotatable bonds is 5. The third-order valence-electron chi connectivity index (χ3n) is 2.34. The zero-order chi connectivity index (χ0) is 9.10. The first-order chi connectivity index (χ1) is 6.40. The molecule has 2 N–H and O–H groups in total. The maximum atomic E-state index is 5.43. The van der Waals surface area contributed by atoms with E-state index in [1.807, 2.05) is 4.68 Å². The molecular formula is C8H15N5. The van der Waals surface area contributed by atoms with Gasteiger partial charge in [0, 0.05) is 13.0 Å². The van der Waals surface area contributed by atoms with Gasteiger partial charge in [0.2, 0.25) is 0 Å². The molecule has 13 heavy (non-hydrogen) atoms. The molecule has 2 rings (SSSR count). The van der Waals surface area contributed by atoms with Gasteiger partial charge < -0.3 is 5.73 Å². The van der Waals surface area contributed by atoms with Crippen LogP contribution >= 0.6 is 0 Å². The molecule has 0 amide bonds. The number of nitrogens with zero attached hydrogens (tertiary/aromatic N) is 4. The highest BCUT2D eigenvalue weighted by atomic mass is 15.5. The fourth-order valence-electron chi connectivity index (χ4n) is 1.35. The first-order valence-electron chi connectivity index (χ1n) is 4.85. The lowest BCUT2D eigenvalue weighted by molar-refractivity contribution is 0.520. The molecule has 1 aliphatic carbocycles. The van der Waals surface area contributed by atoms with Crippen LogP contribution in [0.5, 0.6) is 0 Å². The number of hydrogen-bond donors (Lipinski definition) is 1. The summed E-state index contributed by atoms with van der Waals surface area (Å²) in [6.07, 6.45) is 4.52. The van der Waals surface area contributed by atoms with Crippen molar-refractivity contribution in [2.45, 2.75) is 32.2 Å². The standard InChI is InChI=1S/C8H15N5/c9-5-1-2-8-10-11-12-13(8)6-7-3-4-7/h7H,1-6,9H2. The van der Waals surface area contributed by atoms with Crippen LogP contribution in [0.2, 0.25) is 0 Å². The van der Waals surface area contributed by atoms with Crippen LogP contribution in [-0.2, 0) is 13.0 Å². The Morgan fingerprint density at radius 2 is 2.31 bits per heavy atom. The van der Waals surface area contributed by atoms with E-state index in [1.54, 1.807) is 0 Å². The Morgan fingerprint density at radius 3 is 3.00 bits per heavy atom. The van der Waals surface area contributed by atoms with Crippen LogP contribution in [0.25, 0.3) is 0 Å². The van der Waals surface area contributed by atoms with Crippen molar-refractivity contribution in [1.82, 2.24) is 20.2 Å². The highest BCUT2D eigenvalue weighted by Gasteiger charge is 2.23. The number of tetrazole rings is 1. The van der Waals surface area contributed by atoms with Crippen molar-refractivity contribution in [3.63, 3.8) is 0 Å². The molecule has 5 heteroatoms. The normalized spacial score (nSPS) is 16.4. The van der Waals surface area contributed by atoms with E-state index in [4.69, 9.17) is 5.73 Å². The lowest BCUT2D eigenvalue weighted by Gasteiger charge is -2.01. The average Bonchev–Trinajstić information content (AvgIpc) is 2.82. The predicted octanol–water partition coefficient (Wildman–Crippen LogP) is -0.0256. The van der Waals surface area contributed by atoms with Gasteiger partial charge in [0.1, 0.15) is 0 Å². The van der Waals surface area contributed by atoms with E-state index in [-0.39, 0.29) is 0 Å². The number of nitrogens with two attached hydrogens (primary N) is 1. The van der Waals surface area contributed by atoms with Crippen LogP contribution in [0.3, 0.4) is 0 Å². The van der Waals surface area contributed by atoms with Gasteiger partial charge in [-0.1, -0.05) is 0 Å². The molecule has 0 radical (unpaired) electrons. The quantitative estimate of drug-likeness (QED) is 0.692. The first kappa shape index (κ1) is 8.62. The van der Waals surface area contributed by atoms with Crippen molar-refractivity contribution in [2.24, 2.45) is 11.7 Å². The van der Waals surface area contributed by atoms with Gasteiger partial charge in [-0.3, -0.25) is 0 Å². The largest absolute Gasteiger partial charge is 0.330 e. The number of aryl methyl sites for hydroxylation is 1. The molecule has 1 saturated carbocycles. The van der Waals surface area contributed by atoms with Crippen LogP contribution in [0, 0.1) is 5.92 Å². The van der Waals surface area contributed by atoms with Gasteiger partial charge in [0.25, 0.3) is 0 Å². The van der Waals surface area contributed by atoms with E-state index >= 15 is 0 Å². The summed E-state index contributed by atoms with van der Waals surface area (Å²) in [5.41, 5.74) is 5.43. The third-order valence-corrected chi connectivity index (χ3v) is 2.34. The molecule has 0 bridgehead atoms. The molecule has 0 spiro atoms. The molecule has 0 aliphatic heterocycles. The summed E-state index contributed by atoms with van der Waals surface area (Å²) >= 11 is 0. The van der Waals surface area contributed by atoms with Gasteiger partial charge in [0.15, 0.2) is 5.82 Å². The first-order valence-corrected chi connectivity index (χ1v) is 4.85. The Kier molecular flexibility index (Phi) is 2.54. The second-order valence-corrected chi connectivity index (χ2v) is 3.61. The van der Waals surface area contributed by atoms with E-state index in [0.717, 1.165) is 31.1 Å². The monoisotopic (exact) mass is 181 g/mol. The van der Waals surface area contributed by atoms with E-state index < -0.39 is 0 Å². The summed E-state index contributed by atoms with van der Waals surface area (Å²) in [5.74, 6) is 1.80. The van der Waals surface area contributed by atoms with Crippen molar-refractivity contribution in [2.75, 3.05) is 6.54 Å². The Bertz CT molecular complexity index is 265. The summed E-state index contributed by atoms with van der Waals surface area (Å²) in [4.78, 5) is 0. The minimum atomic E-state index is 0.705. The summed E-state index contributed by atoms with van der Waals surface area (Å²) in [6, 6.07) is 0. The van der Waals surface area contributed by atoms with Crippen LogP contribution in [0.15, 0.2) is 0 Å². The molecule has 1 heterocycles. The highest BCUT2D eigenvalue weighted by molar-refractivity contribution is 4.84. The third kappa shape index (κ3) is 2.24. The Balaban J connectivity index is 1.93. The van der Waals surface area contributed by atoms with E-state index in [2.05, 4.69) is 15.5 Å². The topological polar surface area (TPSA) is 69.6 Å². The van der Waals surface area contributed by atoms with Crippen molar-refractivity contribution in [1.29, 1.82) is 0 Å². The van der Waals surface area contributed by atoms with E-state index in [1.165, 1.54) is 12.8 Å². The van der Waals surface area contributed by atoms with Crippen LogP contribution < -0.4 is 5.73 Å². The van der Waals surface area contributed by atoms with Crippen LogP contribution in [0.1, 0.15) is 25.1 Å². The Labute approximate surface area is 77.3 Å². The molecule has 1 aromatic heterocycles. The molecule has 1 aromatic rings. The Hall–Kier alpha value is -0.970. The molecule has 72 valence electrons. The predicted molar refractivity (Wildman–Crippen MR) is 47.9 cm³/mol. The highest BCUT2D eigenvalue weighted by Crippen LogP contribution is 2.30. The van der Waals surface area contributed by atoms with Crippen molar-refractivity contribution < 1.29 is 0 Å². The smallest absolute Gasteiger partial charge is 0.151 e. The number of aromatic nitrogens is 4. The maximum absolute atomic E-state index is 5.43. The molecule has 0 unspecified atom stereocenters. The van der Waals surface area contributed by atoms with Crippen LogP contribution in [-0.4, -0.2) is 26.8 Å². The van der Waals surface area contributed by atoms with Crippen molar-refractivity contribution in [3.05, 3.63) is 5.82 Å². The summed E-state index contributed by atoms with van der Waals surface area (Å²) in [7, 11) is 0. The SMILES string of the molecule is NCCCc1nnnn1CC1CC1. The number of hydrogen-bond acceptors (Lipinski definition) is 4. The van der Waals surface area contributed by atoms with E-state index in [9.17, 15) is 0 Å². The fourth-order valence-corrected chi connectivity index (χ4v) is 1.35. The van der Waals surface area contributed by atoms with E-state index in [0.29, 0.717) is 6.54 Å². The Morgan fingerprint density at radius 1 is 1.46 bits per heavy atom. The second kappa shape index (κ2) is 3.83. The molecule has 0 atom stereocenters. The summed E-state index contributed by atoms with van der Waals surface area (Å²) in [6.45, 7) is 1.70. The average molecular weight is 181 g/mol. The minimum absolute atomic E-state index is 0.705. The van der Waals surface area contributed by atoms with Gasteiger partial charge >= 0.3 is 0 Å². The van der Waals surface area contributed by atoms with Gasteiger partial charge in [-0.15, -0.1) is 5.10 Å². The maximum Gasteiger partial charge on any atom is 0.151 e. The van der Waals surface area contributed by atoms with Gasteiger partial charge in [-0.2, -0.15) is 0 Å². The van der Waals surface area contributed by atoms with Gasteiger partial charge in [-0.25, -0.2) is 4.68 Å². The van der Waals surface area contributed by atoms with Crippen LogP contribution in [0.4, 0.5) is 0 Å². The van der Waals surface area contributed by atoms with Crippen molar-refractivity contribution in [3.8, 4) is 0 Å². The molecule has 0 aromatic carbocycles. The molecule has 1 aliphatic rings. The summed E-state index contributed by atoms with van der Waals surface area (Å²) < 4.78 is 1.92. The zero-order valence-corrected chi connectivity index (χ0v) is 7.69. The minimum Gasteiger partial charge on any atom is -0.330 e. The molecule has 0 saturated heterocycles.